The first kappa shape index (κ1) is 10.5. The third kappa shape index (κ3) is 1.76. The van der Waals surface area contributed by atoms with Gasteiger partial charge < -0.3 is 10.6 Å². The van der Waals surface area contributed by atoms with Crippen LogP contribution < -0.4 is 10.6 Å². The van der Waals surface area contributed by atoms with E-state index in [1.807, 2.05) is 12.3 Å². The number of benzene rings is 1. The Bertz CT molecular complexity index is 518. The second-order valence-electron chi connectivity index (χ2n) is 4.57. The molecule has 1 saturated heterocycles. The molecule has 1 fully saturated rings. The van der Waals surface area contributed by atoms with Crippen LogP contribution in [0.15, 0.2) is 36.5 Å². The Hall–Kier alpha value is -1.61. The van der Waals surface area contributed by atoms with Crippen molar-refractivity contribution in [2.45, 2.75) is 18.9 Å². The van der Waals surface area contributed by atoms with E-state index in [-0.39, 0.29) is 0 Å². The molecule has 2 aromatic rings. The number of hydrogen-bond acceptors (Lipinski definition) is 3. The van der Waals surface area contributed by atoms with Crippen molar-refractivity contribution in [3.8, 4) is 0 Å². The predicted molar refractivity (Wildman–Crippen MR) is 71.2 cm³/mol. The highest BCUT2D eigenvalue weighted by Gasteiger charge is 2.24. The van der Waals surface area contributed by atoms with Gasteiger partial charge in [-0.2, -0.15) is 0 Å². The Morgan fingerprint density at radius 3 is 3.06 bits per heavy atom. The minimum atomic E-state index is 0.487. The Labute approximate surface area is 101 Å². The molecule has 0 amide bonds. The van der Waals surface area contributed by atoms with Gasteiger partial charge in [0.2, 0.25) is 0 Å². The zero-order valence-corrected chi connectivity index (χ0v) is 9.84. The molecular weight excluding hydrogens is 210 g/mol. The van der Waals surface area contributed by atoms with Crippen molar-refractivity contribution in [1.82, 2.24) is 4.98 Å². The van der Waals surface area contributed by atoms with Crippen molar-refractivity contribution in [2.75, 3.05) is 18.0 Å². The van der Waals surface area contributed by atoms with E-state index in [2.05, 4.69) is 34.1 Å². The maximum Gasteiger partial charge on any atom is 0.0722 e. The second kappa shape index (κ2) is 4.34. The zero-order valence-electron chi connectivity index (χ0n) is 9.84. The summed E-state index contributed by atoms with van der Waals surface area (Å²) < 4.78 is 0. The number of hydrogen-bond donors (Lipinski definition) is 1. The number of fused-ring (bicyclic) bond motifs is 1. The number of nitrogens with zero attached hydrogens (tertiary/aromatic N) is 2. The summed E-state index contributed by atoms with van der Waals surface area (Å²) in [5.74, 6) is 0. The molecule has 1 aromatic heterocycles. The van der Waals surface area contributed by atoms with Crippen LogP contribution in [0.5, 0.6) is 0 Å². The molecular formula is C14H17N3. The standard InChI is InChI=1S/C14H17N3/c15-10-11-4-3-9-17(11)14-7-8-16-13-6-2-1-5-12(13)14/h1-2,5-8,11H,3-4,9-10,15H2. The zero-order chi connectivity index (χ0) is 11.7. The number of pyridine rings is 1. The van der Waals surface area contributed by atoms with E-state index in [1.54, 1.807) is 0 Å². The fraction of sp³-hybridized carbons (Fsp3) is 0.357. The van der Waals surface area contributed by atoms with Crippen LogP contribution in [0, 0.1) is 0 Å². The predicted octanol–water partition coefficient (Wildman–Crippen LogP) is 2.16. The summed E-state index contributed by atoms with van der Waals surface area (Å²) in [7, 11) is 0. The van der Waals surface area contributed by atoms with Crippen LogP contribution in [0.25, 0.3) is 10.9 Å². The molecule has 0 bridgehead atoms. The first-order chi connectivity index (χ1) is 8.40. The summed E-state index contributed by atoms with van der Waals surface area (Å²) in [4.78, 5) is 6.84. The summed E-state index contributed by atoms with van der Waals surface area (Å²) in [5, 5.41) is 1.23. The van der Waals surface area contributed by atoms with Crippen LogP contribution in [-0.2, 0) is 0 Å². The van der Waals surface area contributed by atoms with Crippen molar-refractivity contribution in [3.63, 3.8) is 0 Å². The van der Waals surface area contributed by atoms with Crippen LogP contribution in [-0.4, -0.2) is 24.1 Å². The molecule has 1 aliphatic heterocycles. The third-order valence-corrected chi connectivity index (χ3v) is 3.58. The van der Waals surface area contributed by atoms with E-state index in [0.29, 0.717) is 6.04 Å². The van der Waals surface area contributed by atoms with Crippen LogP contribution in [0.2, 0.25) is 0 Å². The molecule has 2 N–H and O–H groups in total. The molecule has 3 rings (SSSR count). The molecule has 0 spiro atoms. The largest absolute Gasteiger partial charge is 0.367 e. The van der Waals surface area contributed by atoms with Crippen LogP contribution in [0.4, 0.5) is 5.69 Å². The van der Waals surface area contributed by atoms with Gasteiger partial charge in [0.05, 0.1) is 5.52 Å². The van der Waals surface area contributed by atoms with E-state index >= 15 is 0 Å². The smallest absolute Gasteiger partial charge is 0.0722 e. The van der Waals surface area contributed by atoms with Crippen molar-refractivity contribution in [3.05, 3.63) is 36.5 Å². The third-order valence-electron chi connectivity index (χ3n) is 3.58. The fourth-order valence-corrected chi connectivity index (χ4v) is 2.73. The molecule has 3 heteroatoms. The minimum Gasteiger partial charge on any atom is -0.367 e. The Morgan fingerprint density at radius 1 is 1.29 bits per heavy atom. The quantitative estimate of drug-likeness (QED) is 0.855. The SMILES string of the molecule is NCC1CCCN1c1ccnc2ccccc12. The molecule has 1 aromatic carbocycles. The highest BCUT2D eigenvalue weighted by molar-refractivity contribution is 5.91. The van der Waals surface area contributed by atoms with Gasteiger partial charge in [-0.05, 0) is 25.0 Å². The Morgan fingerprint density at radius 2 is 2.18 bits per heavy atom. The lowest BCUT2D eigenvalue weighted by Crippen LogP contribution is -2.35. The van der Waals surface area contributed by atoms with E-state index < -0.39 is 0 Å². The lowest BCUT2D eigenvalue weighted by Gasteiger charge is -2.26. The van der Waals surface area contributed by atoms with Gasteiger partial charge in [0.1, 0.15) is 0 Å². The summed E-state index contributed by atoms with van der Waals surface area (Å²) in [6.45, 7) is 1.84. The highest BCUT2D eigenvalue weighted by Crippen LogP contribution is 2.30. The van der Waals surface area contributed by atoms with Gasteiger partial charge in [0.25, 0.3) is 0 Å². The summed E-state index contributed by atoms with van der Waals surface area (Å²) in [6, 6.07) is 10.9. The molecule has 3 nitrogen and oxygen atoms in total. The fourth-order valence-electron chi connectivity index (χ4n) is 2.73. The summed E-state index contributed by atoms with van der Waals surface area (Å²) in [5.41, 5.74) is 8.19. The lowest BCUT2D eigenvalue weighted by atomic mass is 10.1. The molecule has 0 aliphatic carbocycles. The lowest BCUT2D eigenvalue weighted by molar-refractivity contribution is 0.678. The highest BCUT2D eigenvalue weighted by atomic mass is 15.2. The van der Waals surface area contributed by atoms with E-state index in [4.69, 9.17) is 5.73 Å². The van der Waals surface area contributed by atoms with Crippen LogP contribution >= 0.6 is 0 Å². The Kier molecular flexibility index (Phi) is 2.69. The van der Waals surface area contributed by atoms with Gasteiger partial charge in [0, 0.05) is 36.4 Å². The van der Waals surface area contributed by atoms with Crippen molar-refractivity contribution < 1.29 is 0 Å². The molecule has 88 valence electrons. The van der Waals surface area contributed by atoms with E-state index in [9.17, 15) is 0 Å². The first-order valence-electron chi connectivity index (χ1n) is 6.20. The van der Waals surface area contributed by atoms with Gasteiger partial charge in [-0.3, -0.25) is 4.98 Å². The summed E-state index contributed by atoms with van der Waals surface area (Å²) in [6.07, 6.45) is 4.33. The number of nitrogens with two attached hydrogens (primary N) is 1. The Balaban J connectivity index is 2.10. The molecule has 17 heavy (non-hydrogen) atoms. The molecule has 0 radical (unpaired) electrons. The van der Waals surface area contributed by atoms with Crippen molar-refractivity contribution >= 4 is 16.6 Å². The van der Waals surface area contributed by atoms with Gasteiger partial charge >= 0.3 is 0 Å². The number of para-hydroxylation sites is 1. The van der Waals surface area contributed by atoms with Gasteiger partial charge in [-0.1, -0.05) is 18.2 Å². The average molecular weight is 227 g/mol. The second-order valence-corrected chi connectivity index (χ2v) is 4.57. The van der Waals surface area contributed by atoms with Crippen LogP contribution in [0.1, 0.15) is 12.8 Å². The minimum absolute atomic E-state index is 0.487. The van der Waals surface area contributed by atoms with Gasteiger partial charge in [-0.25, -0.2) is 0 Å². The normalized spacial score (nSPS) is 20.1. The number of anilines is 1. The van der Waals surface area contributed by atoms with E-state index in [1.165, 1.54) is 23.9 Å². The van der Waals surface area contributed by atoms with E-state index in [0.717, 1.165) is 18.6 Å². The van der Waals surface area contributed by atoms with Crippen LogP contribution in [0.3, 0.4) is 0 Å². The number of aromatic nitrogens is 1. The van der Waals surface area contributed by atoms with Crippen molar-refractivity contribution in [2.24, 2.45) is 5.73 Å². The molecule has 1 atom stereocenters. The van der Waals surface area contributed by atoms with Gasteiger partial charge in [-0.15, -0.1) is 0 Å². The average Bonchev–Trinajstić information content (AvgIpc) is 2.86. The maximum atomic E-state index is 5.85. The van der Waals surface area contributed by atoms with Gasteiger partial charge in [0.15, 0.2) is 0 Å². The molecule has 2 heterocycles. The molecule has 0 saturated carbocycles. The molecule has 1 aliphatic rings. The maximum absolute atomic E-state index is 5.85. The topological polar surface area (TPSA) is 42.1 Å². The number of rotatable bonds is 2. The monoisotopic (exact) mass is 227 g/mol. The van der Waals surface area contributed by atoms with Crippen molar-refractivity contribution in [1.29, 1.82) is 0 Å². The summed E-state index contributed by atoms with van der Waals surface area (Å²) >= 11 is 0. The molecule has 1 unspecified atom stereocenters. The first-order valence-corrected chi connectivity index (χ1v) is 6.20.